The van der Waals surface area contributed by atoms with Gasteiger partial charge in [0.05, 0.1) is 19.6 Å². The van der Waals surface area contributed by atoms with Gasteiger partial charge in [-0.15, -0.1) is 0 Å². The maximum Gasteiger partial charge on any atom is 0.391 e. The van der Waals surface area contributed by atoms with E-state index in [4.69, 9.17) is 4.74 Å². The van der Waals surface area contributed by atoms with E-state index in [2.05, 4.69) is 11.9 Å². The standard InChI is InChI=1S/C10H18F3NO/c1-8(2)14-6-9(3)7-15-5-4-10(11,12)13/h8,14H,3-7H2,1-2H3. The van der Waals surface area contributed by atoms with E-state index < -0.39 is 12.6 Å². The Bertz CT molecular complexity index is 190. The maximum absolute atomic E-state index is 11.7. The normalized spacial score (nSPS) is 12.1. The molecule has 0 unspecified atom stereocenters. The van der Waals surface area contributed by atoms with Gasteiger partial charge in [-0.2, -0.15) is 13.2 Å². The number of hydrogen-bond donors (Lipinski definition) is 1. The lowest BCUT2D eigenvalue weighted by molar-refractivity contribution is -0.144. The molecular weight excluding hydrogens is 207 g/mol. The Kier molecular flexibility index (Phi) is 6.60. The molecule has 0 aromatic heterocycles. The molecule has 0 aliphatic rings. The molecule has 2 nitrogen and oxygen atoms in total. The van der Waals surface area contributed by atoms with Crippen molar-refractivity contribution in [2.45, 2.75) is 32.5 Å². The number of rotatable bonds is 7. The van der Waals surface area contributed by atoms with Crippen molar-refractivity contribution < 1.29 is 17.9 Å². The lowest BCUT2D eigenvalue weighted by Crippen LogP contribution is -2.26. The SMILES string of the molecule is C=C(CNC(C)C)COCCC(F)(F)F. The molecule has 0 bridgehead atoms. The lowest BCUT2D eigenvalue weighted by atomic mass is 10.3. The third-order valence-electron chi connectivity index (χ3n) is 1.60. The number of hydrogen-bond acceptors (Lipinski definition) is 2. The van der Waals surface area contributed by atoms with Crippen LogP contribution in [0.3, 0.4) is 0 Å². The Morgan fingerprint density at radius 1 is 1.40 bits per heavy atom. The van der Waals surface area contributed by atoms with Gasteiger partial charge in [-0.3, -0.25) is 0 Å². The Morgan fingerprint density at radius 2 is 2.00 bits per heavy atom. The van der Waals surface area contributed by atoms with E-state index in [1.165, 1.54) is 0 Å². The topological polar surface area (TPSA) is 21.3 Å². The van der Waals surface area contributed by atoms with Gasteiger partial charge in [-0.05, 0) is 5.57 Å². The van der Waals surface area contributed by atoms with Gasteiger partial charge in [0, 0.05) is 12.6 Å². The van der Waals surface area contributed by atoms with Crippen LogP contribution in [-0.2, 0) is 4.74 Å². The predicted octanol–water partition coefficient (Wildman–Crippen LogP) is 2.51. The molecule has 0 aliphatic carbocycles. The zero-order chi connectivity index (χ0) is 11.9. The summed E-state index contributed by atoms with van der Waals surface area (Å²) >= 11 is 0. The van der Waals surface area contributed by atoms with Gasteiger partial charge in [0.15, 0.2) is 0 Å². The summed E-state index contributed by atoms with van der Waals surface area (Å²) in [7, 11) is 0. The first-order valence-corrected chi connectivity index (χ1v) is 4.86. The fourth-order valence-corrected chi connectivity index (χ4v) is 0.804. The van der Waals surface area contributed by atoms with Crippen LogP contribution < -0.4 is 5.32 Å². The Labute approximate surface area is 88.5 Å². The smallest absolute Gasteiger partial charge is 0.377 e. The van der Waals surface area contributed by atoms with Crippen molar-refractivity contribution in [1.82, 2.24) is 5.32 Å². The average molecular weight is 225 g/mol. The largest absolute Gasteiger partial charge is 0.391 e. The van der Waals surface area contributed by atoms with E-state index >= 15 is 0 Å². The van der Waals surface area contributed by atoms with Crippen molar-refractivity contribution >= 4 is 0 Å². The molecule has 0 spiro atoms. The molecule has 15 heavy (non-hydrogen) atoms. The van der Waals surface area contributed by atoms with E-state index in [1.807, 2.05) is 13.8 Å². The minimum absolute atomic E-state index is 0.176. The van der Waals surface area contributed by atoms with E-state index in [0.717, 1.165) is 5.57 Å². The molecule has 90 valence electrons. The highest BCUT2D eigenvalue weighted by Crippen LogP contribution is 2.18. The number of nitrogens with one attached hydrogen (secondary N) is 1. The minimum atomic E-state index is -4.14. The second kappa shape index (κ2) is 6.85. The van der Waals surface area contributed by atoms with Crippen LogP contribution in [0, 0.1) is 0 Å². The minimum Gasteiger partial charge on any atom is -0.377 e. The second-order valence-corrected chi connectivity index (χ2v) is 3.70. The Morgan fingerprint density at radius 3 is 2.47 bits per heavy atom. The van der Waals surface area contributed by atoms with Crippen molar-refractivity contribution in [2.24, 2.45) is 0 Å². The van der Waals surface area contributed by atoms with E-state index in [1.54, 1.807) is 0 Å². The lowest BCUT2D eigenvalue weighted by Gasteiger charge is -2.11. The summed E-state index contributed by atoms with van der Waals surface area (Å²) in [5.74, 6) is 0. The summed E-state index contributed by atoms with van der Waals surface area (Å²) in [6.45, 7) is 8.11. The van der Waals surface area contributed by atoms with E-state index in [-0.39, 0.29) is 13.2 Å². The van der Waals surface area contributed by atoms with Gasteiger partial charge >= 0.3 is 6.18 Å². The first kappa shape index (κ1) is 14.5. The Balaban J connectivity index is 3.40. The van der Waals surface area contributed by atoms with Crippen LogP contribution in [0.2, 0.25) is 0 Å². The van der Waals surface area contributed by atoms with Gasteiger partial charge in [-0.1, -0.05) is 20.4 Å². The Hall–Kier alpha value is -0.550. The van der Waals surface area contributed by atoms with Crippen LogP contribution in [0.5, 0.6) is 0 Å². The van der Waals surface area contributed by atoms with Crippen molar-refractivity contribution in [1.29, 1.82) is 0 Å². The van der Waals surface area contributed by atoms with Crippen molar-refractivity contribution in [2.75, 3.05) is 19.8 Å². The highest BCUT2D eigenvalue weighted by Gasteiger charge is 2.26. The molecule has 0 saturated heterocycles. The summed E-state index contributed by atoms with van der Waals surface area (Å²) in [6.07, 6.45) is -5.05. The molecule has 0 heterocycles. The first-order chi connectivity index (χ1) is 6.81. The summed E-state index contributed by atoms with van der Waals surface area (Å²) in [5.41, 5.74) is 0.755. The van der Waals surface area contributed by atoms with Crippen LogP contribution in [0.4, 0.5) is 13.2 Å². The summed E-state index contributed by atoms with van der Waals surface area (Å²) in [5, 5.41) is 3.10. The van der Waals surface area contributed by atoms with Gasteiger partial charge < -0.3 is 10.1 Å². The highest BCUT2D eigenvalue weighted by molar-refractivity contribution is 4.97. The summed E-state index contributed by atoms with van der Waals surface area (Å²) < 4.78 is 40.0. The van der Waals surface area contributed by atoms with Gasteiger partial charge in [-0.25, -0.2) is 0 Å². The predicted molar refractivity (Wildman–Crippen MR) is 53.8 cm³/mol. The molecule has 0 rings (SSSR count). The molecular formula is C10H18F3NO. The maximum atomic E-state index is 11.7. The van der Waals surface area contributed by atoms with Crippen molar-refractivity contribution in [3.63, 3.8) is 0 Å². The fraction of sp³-hybridized carbons (Fsp3) is 0.800. The molecule has 0 fully saturated rings. The molecule has 0 saturated carbocycles. The number of ether oxygens (including phenoxy) is 1. The van der Waals surface area contributed by atoms with Crippen molar-refractivity contribution in [3.05, 3.63) is 12.2 Å². The number of halogens is 3. The summed E-state index contributed by atoms with van der Waals surface area (Å²) in [6, 6.07) is 0.330. The molecule has 0 radical (unpaired) electrons. The fourth-order valence-electron chi connectivity index (χ4n) is 0.804. The molecule has 0 aliphatic heterocycles. The van der Waals surface area contributed by atoms with Crippen LogP contribution in [0.15, 0.2) is 12.2 Å². The van der Waals surface area contributed by atoms with E-state index in [9.17, 15) is 13.2 Å². The molecule has 0 aromatic carbocycles. The van der Waals surface area contributed by atoms with Crippen LogP contribution in [0.25, 0.3) is 0 Å². The highest BCUT2D eigenvalue weighted by atomic mass is 19.4. The first-order valence-electron chi connectivity index (χ1n) is 4.86. The van der Waals surface area contributed by atoms with Crippen LogP contribution >= 0.6 is 0 Å². The molecule has 1 N–H and O–H groups in total. The van der Waals surface area contributed by atoms with Crippen LogP contribution in [-0.4, -0.2) is 32.0 Å². The van der Waals surface area contributed by atoms with Crippen LogP contribution in [0.1, 0.15) is 20.3 Å². The van der Waals surface area contributed by atoms with Gasteiger partial charge in [0.1, 0.15) is 0 Å². The molecule has 5 heteroatoms. The van der Waals surface area contributed by atoms with Gasteiger partial charge in [0.25, 0.3) is 0 Å². The van der Waals surface area contributed by atoms with Crippen molar-refractivity contribution in [3.8, 4) is 0 Å². The molecule has 0 aromatic rings. The third-order valence-corrected chi connectivity index (χ3v) is 1.60. The zero-order valence-electron chi connectivity index (χ0n) is 9.16. The molecule has 0 amide bonds. The second-order valence-electron chi connectivity index (χ2n) is 3.70. The zero-order valence-corrected chi connectivity index (χ0v) is 9.16. The third kappa shape index (κ3) is 11.4. The monoisotopic (exact) mass is 225 g/mol. The van der Waals surface area contributed by atoms with E-state index in [0.29, 0.717) is 12.6 Å². The summed E-state index contributed by atoms with van der Waals surface area (Å²) in [4.78, 5) is 0. The number of alkyl halides is 3. The average Bonchev–Trinajstić information content (AvgIpc) is 2.07. The quantitative estimate of drug-likeness (QED) is 0.531. The van der Waals surface area contributed by atoms with Gasteiger partial charge in [0.2, 0.25) is 0 Å². The molecule has 0 atom stereocenters.